The predicted molar refractivity (Wildman–Crippen MR) is 257 cm³/mol. The standard InChI is InChI=1S/C57H40N4O/c1-4-12-37(13-5-1)40-20-24-42(25-21-40)55-58-56(43-26-22-41(23-27-43)38-14-6-2-7-15-38)60-57(59-55)45-29-32-49-50-33-30-46(36-54(50)62-53(49)35-45)61-51-19-11-10-18-47(51)48-31-28-44(34-52(48)61)39-16-8-3-9-17-39/h1-6,8-14,16-36,56H,7,15H2,(H,58,59,60). The lowest BCUT2D eigenvalue weighted by Gasteiger charge is -2.24. The number of amidine groups is 2. The van der Waals surface area contributed by atoms with Crippen molar-refractivity contribution in [2.24, 2.45) is 9.98 Å². The largest absolute Gasteiger partial charge is 0.456 e. The number of aromatic nitrogens is 1. The molecule has 0 amide bonds. The van der Waals surface area contributed by atoms with Gasteiger partial charge in [0.25, 0.3) is 0 Å². The van der Waals surface area contributed by atoms with Gasteiger partial charge in [0, 0.05) is 44.4 Å². The summed E-state index contributed by atoms with van der Waals surface area (Å²) >= 11 is 0. The van der Waals surface area contributed by atoms with Crippen molar-refractivity contribution in [1.82, 2.24) is 9.88 Å². The maximum atomic E-state index is 6.75. The Morgan fingerprint density at radius 1 is 0.500 bits per heavy atom. The van der Waals surface area contributed by atoms with Gasteiger partial charge in [-0.25, -0.2) is 9.98 Å². The van der Waals surface area contributed by atoms with E-state index in [0.29, 0.717) is 5.84 Å². The molecule has 1 aliphatic heterocycles. The van der Waals surface area contributed by atoms with E-state index >= 15 is 0 Å². The number of hydrogen-bond donors (Lipinski definition) is 1. The lowest BCUT2D eigenvalue weighted by Crippen LogP contribution is -2.33. The molecule has 10 aromatic rings. The number of rotatable bonds is 7. The van der Waals surface area contributed by atoms with Crippen molar-refractivity contribution in [1.29, 1.82) is 0 Å². The minimum Gasteiger partial charge on any atom is -0.456 e. The van der Waals surface area contributed by atoms with Crippen LogP contribution in [0.25, 0.3) is 77.3 Å². The molecule has 1 N–H and O–H groups in total. The topological polar surface area (TPSA) is 54.8 Å². The molecule has 3 heterocycles. The first-order chi connectivity index (χ1) is 30.7. The van der Waals surface area contributed by atoms with Gasteiger partial charge in [-0.2, -0.15) is 0 Å². The molecule has 294 valence electrons. The third-order valence-corrected chi connectivity index (χ3v) is 12.4. The quantitative estimate of drug-likeness (QED) is 0.175. The molecule has 5 heteroatoms. The monoisotopic (exact) mass is 796 g/mol. The van der Waals surface area contributed by atoms with Gasteiger partial charge in [-0.05, 0) is 88.2 Å². The molecule has 62 heavy (non-hydrogen) atoms. The van der Waals surface area contributed by atoms with Gasteiger partial charge in [0.2, 0.25) is 0 Å². The van der Waals surface area contributed by atoms with Gasteiger partial charge in [-0.3, -0.25) is 0 Å². The third-order valence-electron chi connectivity index (χ3n) is 12.4. The molecule has 0 bridgehead atoms. The Balaban J connectivity index is 0.938. The summed E-state index contributed by atoms with van der Waals surface area (Å²) in [5.74, 6) is 1.43. The van der Waals surface area contributed by atoms with Gasteiger partial charge in [0.1, 0.15) is 23.2 Å². The Morgan fingerprint density at radius 2 is 1.11 bits per heavy atom. The number of hydrogen-bond acceptors (Lipinski definition) is 4. The molecular formula is C57H40N4O. The van der Waals surface area contributed by atoms with E-state index in [9.17, 15) is 0 Å². The first-order valence-corrected chi connectivity index (χ1v) is 21.3. The molecule has 1 aliphatic carbocycles. The van der Waals surface area contributed by atoms with Gasteiger partial charge in [-0.15, -0.1) is 0 Å². The first-order valence-electron chi connectivity index (χ1n) is 21.3. The molecule has 0 saturated heterocycles. The Kier molecular flexibility index (Phi) is 8.63. The average molecular weight is 797 g/mol. The van der Waals surface area contributed by atoms with E-state index in [4.69, 9.17) is 14.4 Å². The molecule has 0 spiro atoms. The van der Waals surface area contributed by atoms with E-state index in [2.05, 4.69) is 210 Å². The molecule has 1 unspecified atom stereocenters. The fourth-order valence-corrected chi connectivity index (χ4v) is 9.17. The second-order valence-electron chi connectivity index (χ2n) is 16.1. The van der Waals surface area contributed by atoms with Crippen LogP contribution in [0.3, 0.4) is 0 Å². The third kappa shape index (κ3) is 6.34. The van der Waals surface area contributed by atoms with Gasteiger partial charge in [0.15, 0.2) is 5.84 Å². The van der Waals surface area contributed by atoms with Crippen LogP contribution >= 0.6 is 0 Å². The Hall–Kier alpha value is -8.02. The SMILES string of the molecule is C1=CCCC(c2ccc(C3N=C(c4ccc5c(c4)oc4cc(-n6c7ccccc7c7ccc(-c8ccccc8)cc76)ccc45)N=C(c4ccc(-c5ccccc5)cc4)N3)cc2)=C1. The number of nitrogens with one attached hydrogen (secondary N) is 1. The highest BCUT2D eigenvalue weighted by Gasteiger charge is 2.23. The highest BCUT2D eigenvalue weighted by molar-refractivity contribution is 6.15. The molecule has 0 saturated carbocycles. The number of furan rings is 1. The van der Waals surface area contributed by atoms with Crippen LogP contribution in [-0.2, 0) is 0 Å². The minimum atomic E-state index is -0.330. The van der Waals surface area contributed by atoms with Crippen molar-refractivity contribution in [3.05, 3.63) is 229 Å². The van der Waals surface area contributed by atoms with E-state index in [1.54, 1.807) is 0 Å². The lowest BCUT2D eigenvalue weighted by molar-refractivity contribution is 0.667. The molecular weight excluding hydrogens is 757 g/mol. The number of benzene rings is 8. The summed E-state index contributed by atoms with van der Waals surface area (Å²) in [4.78, 5) is 10.4. The number of aliphatic imine (C=N–C) groups is 2. The minimum absolute atomic E-state index is 0.330. The van der Waals surface area contributed by atoms with Gasteiger partial charge < -0.3 is 14.3 Å². The smallest absolute Gasteiger partial charge is 0.159 e. The summed E-state index contributed by atoms with van der Waals surface area (Å²) in [5.41, 5.74) is 15.3. The van der Waals surface area contributed by atoms with Gasteiger partial charge >= 0.3 is 0 Å². The normalized spacial score (nSPS) is 15.2. The van der Waals surface area contributed by atoms with Gasteiger partial charge in [0.05, 0.1) is 11.0 Å². The maximum absolute atomic E-state index is 6.75. The Bertz CT molecular complexity index is 3460. The second kappa shape index (κ2) is 14.9. The van der Waals surface area contributed by atoms with E-state index < -0.39 is 0 Å². The molecule has 0 radical (unpaired) electrons. The molecule has 0 fully saturated rings. The van der Waals surface area contributed by atoms with Crippen LogP contribution in [0.1, 0.15) is 41.3 Å². The zero-order chi connectivity index (χ0) is 41.0. The number of para-hydroxylation sites is 1. The maximum Gasteiger partial charge on any atom is 0.159 e. The number of fused-ring (bicyclic) bond motifs is 6. The molecule has 1 atom stereocenters. The number of allylic oxidation sites excluding steroid dienone is 4. The van der Waals surface area contributed by atoms with Crippen LogP contribution < -0.4 is 5.32 Å². The second-order valence-corrected chi connectivity index (χ2v) is 16.1. The number of nitrogens with zero attached hydrogens (tertiary/aromatic N) is 3. The van der Waals surface area contributed by atoms with Crippen molar-refractivity contribution >= 4 is 61.0 Å². The van der Waals surface area contributed by atoms with Crippen LogP contribution in [0, 0.1) is 0 Å². The van der Waals surface area contributed by atoms with Crippen molar-refractivity contribution in [3.8, 4) is 27.9 Å². The van der Waals surface area contributed by atoms with E-state index in [1.165, 1.54) is 38.6 Å². The zero-order valence-electron chi connectivity index (χ0n) is 33.9. The summed E-state index contributed by atoms with van der Waals surface area (Å²) in [5, 5.41) is 8.23. The summed E-state index contributed by atoms with van der Waals surface area (Å²) in [6.45, 7) is 0. The molecule has 5 nitrogen and oxygen atoms in total. The van der Waals surface area contributed by atoms with Crippen molar-refractivity contribution < 1.29 is 4.42 Å². The van der Waals surface area contributed by atoms with Crippen molar-refractivity contribution in [2.45, 2.75) is 19.0 Å². The van der Waals surface area contributed by atoms with Gasteiger partial charge in [-0.1, -0.05) is 164 Å². The van der Waals surface area contributed by atoms with Crippen molar-refractivity contribution in [3.63, 3.8) is 0 Å². The Labute approximate surface area is 359 Å². The van der Waals surface area contributed by atoms with Crippen LogP contribution in [0.5, 0.6) is 0 Å². The first kappa shape index (κ1) is 35.9. The molecule has 12 rings (SSSR count). The molecule has 2 aliphatic rings. The molecule has 2 aromatic heterocycles. The highest BCUT2D eigenvalue weighted by atomic mass is 16.3. The Morgan fingerprint density at radius 3 is 1.89 bits per heavy atom. The summed E-state index contributed by atoms with van der Waals surface area (Å²) in [7, 11) is 0. The van der Waals surface area contributed by atoms with Crippen LogP contribution in [0.2, 0.25) is 0 Å². The summed E-state index contributed by atoms with van der Waals surface area (Å²) in [6.07, 6.45) is 8.39. The molecule has 8 aromatic carbocycles. The van der Waals surface area contributed by atoms with Crippen molar-refractivity contribution in [2.75, 3.05) is 0 Å². The predicted octanol–water partition coefficient (Wildman–Crippen LogP) is 14.2. The fraction of sp³-hybridized carbons (Fsp3) is 0.0526. The summed E-state index contributed by atoms with van der Waals surface area (Å²) < 4.78 is 9.10. The average Bonchev–Trinajstić information content (AvgIpc) is 3.89. The highest BCUT2D eigenvalue weighted by Crippen LogP contribution is 2.38. The van der Waals surface area contributed by atoms with E-state index in [0.717, 1.165) is 79.6 Å². The summed E-state index contributed by atoms with van der Waals surface area (Å²) in [6, 6.07) is 66.8. The van der Waals surface area contributed by atoms with Crippen LogP contribution in [0.15, 0.2) is 221 Å². The lowest BCUT2D eigenvalue weighted by atomic mass is 9.96. The zero-order valence-corrected chi connectivity index (χ0v) is 33.9. The van der Waals surface area contributed by atoms with E-state index in [1.807, 2.05) is 6.07 Å². The van der Waals surface area contributed by atoms with Crippen LogP contribution in [0.4, 0.5) is 0 Å². The van der Waals surface area contributed by atoms with Crippen LogP contribution in [-0.4, -0.2) is 16.2 Å². The fourth-order valence-electron chi connectivity index (χ4n) is 9.17. The van der Waals surface area contributed by atoms with E-state index in [-0.39, 0.29) is 6.17 Å².